The molecule has 0 aliphatic carbocycles. The lowest BCUT2D eigenvalue weighted by molar-refractivity contribution is -0.305. The van der Waals surface area contributed by atoms with Crippen molar-refractivity contribution >= 4 is 5.97 Å². The van der Waals surface area contributed by atoms with Gasteiger partial charge < -0.3 is 39.4 Å². The zero-order chi connectivity index (χ0) is 40.0. The number of unbranched alkanes of at least 4 members (excludes halogenated alkanes) is 18. The monoisotopic (exact) mass is 779 g/mol. The van der Waals surface area contributed by atoms with E-state index in [1.165, 1.54) is 96.3 Å². The third-order valence-electron chi connectivity index (χ3n) is 10.0. The lowest BCUT2D eigenvalue weighted by Gasteiger charge is -2.39. The maximum atomic E-state index is 12.7. The van der Waals surface area contributed by atoms with Gasteiger partial charge in [0.25, 0.3) is 0 Å². The number of allylic oxidation sites excluding steroid dienone is 8. The van der Waals surface area contributed by atoms with E-state index in [2.05, 4.69) is 62.5 Å². The normalized spacial score (nSPS) is 21.2. The van der Waals surface area contributed by atoms with Crippen LogP contribution < -0.4 is 0 Å². The Morgan fingerprint density at radius 3 is 1.64 bits per heavy atom. The first-order valence-corrected chi connectivity index (χ1v) is 22.2. The molecule has 0 aromatic heterocycles. The van der Waals surface area contributed by atoms with Crippen LogP contribution in [0.5, 0.6) is 0 Å². The van der Waals surface area contributed by atoms with Gasteiger partial charge in [0.15, 0.2) is 6.29 Å². The van der Waals surface area contributed by atoms with E-state index in [4.69, 9.17) is 18.9 Å². The highest BCUT2D eigenvalue weighted by molar-refractivity contribution is 5.69. The Bertz CT molecular complexity index is 978. The molecule has 1 aliphatic heterocycles. The van der Waals surface area contributed by atoms with Crippen molar-refractivity contribution in [3.63, 3.8) is 0 Å². The second kappa shape index (κ2) is 37.7. The highest BCUT2D eigenvalue weighted by Crippen LogP contribution is 2.22. The van der Waals surface area contributed by atoms with Crippen molar-refractivity contribution in [1.82, 2.24) is 0 Å². The number of carbonyl (C=O) groups is 1. The highest BCUT2D eigenvalue weighted by atomic mass is 16.7. The first-order chi connectivity index (χ1) is 26.9. The molecule has 1 heterocycles. The van der Waals surface area contributed by atoms with E-state index in [1.807, 2.05) is 0 Å². The molecule has 6 atom stereocenters. The Hall–Kier alpha value is -1.85. The molecule has 0 amide bonds. The Kier molecular flexibility index (Phi) is 35.1. The van der Waals surface area contributed by atoms with Crippen molar-refractivity contribution in [2.24, 2.45) is 0 Å². The van der Waals surface area contributed by atoms with Crippen LogP contribution in [-0.4, -0.2) is 89.6 Å². The van der Waals surface area contributed by atoms with Crippen LogP contribution in [0.3, 0.4) is 0 Å². The zero-order valence-corrected chi connectivity index (χ0v) is 34.9. The van der Waals surface area contributed by atoms with Gasteiger partial charge in [-0.1, -0.05) is 165 Å². The van der Waals surface area contributed by atoms with Gasteiger partial charge in [0.2, 0.25) is 0 Å². The van der Waals surface area contributed by atoms with Crippen LogP contribution in [0.4, 0.5) is 0 Å². The van der Waals surface area contributed by atoms with Crippen LogP contribution in [0.25, 0.3) is 0 Å². The van der Waals surface area contributed by atoms with Crippen LogP contribution >= 0.6 is 0 Å². The number of hydrogen-bond donors (Lipinski definition) is 4. The molecule has 9 nitrogen and oxygen atoms in total. The standard InChI is InChI=1S/C46H82O9/c1-3-5-7-9-11-13-15-17-19-20-22-24-26-28-30-32-34-36-52-38-40(39-53-46-45(51)44(50)43(49)41(37-47)55-46)54-42(48)35-33-31-29-27-25-23-21-18-16-14-12-10-8-6-4-2/h6,8,12,14,18,21,25,27,40-41,43-47,49-51H,3-5,7,9-11,13,15-17,19-20,22-24,26,28-39H2,1-2H3/b8-6-,14-12-,21-18-,27-25-. The topological polar surface area (TPSA) is 135 Å². The van der Waals surface area contributed by atoms with Gasteiger partial charge in [-0.3, -0.25) is 4.79 Å². The van der Waals surface area contributed by atoms with Gasteiger partial charge in [-0.15, -0.1) is 0 Å². The molecule has 0 aromatic carbocycles. The van der Waals surface area contributed by atoms with E-state index in [0.717, 1.165) is 51.4 Å². The van der Waals surface area contributed by atoms with Crippen molar-refractivity contribution in [2.45, 2.75) is 211 Å². The number of ether oxygens (including phenoxy) is 4. The second-order valence-corrected chi connectivity index (χ2v) is 15.1. The first-order valence-electron chi connectivity index (χ1n) is 22.2. The van der Waals surface area contributed by atoms with E-state index >= 15 is 0 Å². The molecular weight excluding hydrogens is 696 g/mol. The van der Waals surface area contributed by atoms with Gasteiger partial charge in [0.05, 0.1) is 19.8 Å². The fourth-order valence-corrected chi connectivity index (χ4v) is 6.54. The molecule has 0 radical (unpaired) electrons. The predicted molar refractivity (Wildman–Crippen MR) is 224 cm³/mol. The van der Waals surface area contributed by atoms with E-state index < -0.39 is 43.4 Å². The Morgan fingerprint density at radius 1 is 0.600 bits per heavy atom. The van der Waals surface area contributed by atoms with Crippen LogP contribution in [-0.2, 0) is 23.7 Å². The molecule has 1 saturated heterocycles. The van der Waals surface area contributed by atoms with Gasteiger partial charge in [0, 0.05) is 13.0 Å². The molecule has 0 bridgehead atoms. The summed E-state index contributed by atoms with van der Waals surface area (Å²) in [6, 6.07) is 0. The third kappa shape index (κ3) is 29.1. The molecule has 1 fully saturated rings. The first kappa shape index (κ1) is 51.2. The van der Waals surface area contributed by atoms with Gasteiger partial charge in [-0.25, -0.2) is 0 Å². The maximum Gasteiger partial charge on any atom is 0.306 e. The van der Waals surface area contributed by atoms with Crippen LogP contribution in [0, 0.1) is 0 Å². The lowest BCUT2D eigenvalue weighted by Crippen LogP contribution is -2.59. The lowest BCUT2D eigenvalue weighted by atomic mass is 9.99. The highest BCUT2D eigenvalue weighted by Gasteiger charge is 2.44. The fourth-order valence-electron chi connectivity index (χ4n) is 6.54. The van der Waals surface area contributed by atoms with Crippen molar-refractivity contribution in [3.05, 3.63) is 48.6 Å². The minimum atomic E-state index is -1.54. The average Bonchev–Trinajstić information content (AvgIpc) is 3.18. The summed E-state index contributed by atoms with van der Waals surface area (Å²) in [7, 11) is 0. The zero-order valence-electron chi connectivity index (χ0n) is 34.9. The molecular formula is C46H82O9. The largest absolute Gasteiger partial charge is 0.457 e. The number of hydrogen-bond acceptors (Lipinski definition) is 9. The van der Waals surface area contributed by atoms with Crippen molar-refractivity contribution in [2.75, 3.05) is 26.4 Å². The summed E-state index contributed by atoms with van der Waals surface area (Å²) in [5.41, 5.74) is 0. The molecule has 1 aliphatic rings. The summed E-state index contributed by atoms with van der Waals surface area (Å²) >= 11 is 0. The maximum absolute atomic E-state index is 12.7. The molecule has 55 heavy (non-hydrogen) atoms. The quantitative estimate of drug-likeness (QED) is 0.0276. The molecule has 0 spiro atoms. The van der Waals surface area contributed by atoms with Gasteiger partial charge in [0.1, 0.15) is 30.5 Å². The summed E-state index contributed by atoms with van der Waals surface area (Å²) in [6.45, 7) is 4.40. The Labute approximate surface area is 335 Å². The summed E-state index contributed by atoms with van der Waals surface area (Å²) in [4.78, 5) is 12.7. The Balaban J connectivity index is 2.29. The number of carbonyl (C=O) groups excluding carboxylic acids is 1. The summed E-state index contributed by atoms with van der Waals surface area (Å²) in [6.07, 6.45) is 38.5. The molecule has 1 rings (SSSR count). The number of esters is 1. The summed E-state index contributed by atoms with van der Waals surface area (Å²) < 4.78 is 22.8. The van der Waals surface area contributed by atoms with Gasteiger partial charge >= 0.3 is 5.97 Å². The number of aliphatic hydroxyl groups excluding tert-OH is 4. The van der Waals surface area contributed by atoms with E-state index in [9.17, 15) is 25.2 Å². The third-order valence-corrected chi connectivity index (χ3v) is 10.0. The second-order valence-electron chi connectivity index (χ2n) is 15.1. The van der Waals surface area contributed by atoms with Crippen LogP contribution in [0.1, 0.15) is 174 Å². The fraction of sp³-hybridized carbons (Fsp3) is 0.804. The Morgan fingerprint density at radius 2 is 1.11 bits per heavy atom. The van der Waals surface area contributed by atoms with E-state index in [-0.39, 0.29) is 25.6 Å². The minimum absolute atomic E-state index is 0.129. The smallest absolute Gasteiger partial charge is 0.306 e. The van der Waals surface area contributed by atoms with Crippen molar-refractivity contribution in [3.8, 4) is 0 Å². The number of aliphatic hydroxyl groups is 4. The van der Waals surface area contributed by atoms with E-state index in [1.54, 1.807) is 0 Å². The van der Waals surface area contributed by atoms with Crippen LogP contribution in [0.2, 0.25) is 0 Å². The summed E-state index contributed by atoms with van der Waals surface area (Å²) in [5.74, 6) is -0.353. The van der Waals surface area contributed by atoms with Crippen molar-refractivity contribution in [1.29, 1.82) is 0 Å². The molecule has 320 valence electrons. The molecule has 9 heteroatoms. The van der Waals surface area contributed by atoms with E-state index in [0.29, 0.717) is 13.0 Å². The molecule has 0 aromatic rings. The van der Waals surface area contributed by atoms with Gasteiger partial charge in [-0.05, 0) is 51.4 Å². The predicted octanol–water partition coefficient (Wildman–Crippen LogP) is 9.75. The minimum Gasteiger partial charge on any atom is -0.457 e. The summed E-state index contributed by atoms with van der Waals surface area (Å²) in [5, 5.41) is 40.1. The molecule has 6 unspecified atom stereocenters. The SMILES string of the molecule is CC/C=C\C/C=C\C/C=C\C/C=C\CCCCC(=O)OC(COCCCCCCCCCCCCCCCCCCC)COC1OC(CO)C(O)C(O)C1O. The van der Waals surface area contributed by atoms with Crippen molar-refractivity contribution < 1.29 is 44.2 Å². The van der Waals surface area contributed by atoms with Crippen LogP contribution in [0.15, 0.2) is 48.6 Å². The molecule has 0 saturated carbocycles. The number of rotatable bonds is 37. The average molecular weight is 779 g/mol. The molecule has 4 N–H and O–H groups in total. The van der Waals surface area contributed by atoms with Gasteiger partial charge in [-0.2, -0.15) is 0 Å².